The quantitative estimate of drug-likeness (QED) is 0.539. The number of halogens is 2. The lowest BCUT2D eigenvalue weighted by Gasteiger charge is -2.11. The third kappa shape index (κ3) is 1.95. The molecule has 52 valence electrons. The van der Waals surface area contributed by atoms with Crippen molar-refractivity contribution in [1.82, 2.24) is 4.90 Å². The Balaban J connectivity index is 2.20. The molecule has 0 spiro atoms. The van der Waals surface area contributed by atoms with Crippen LogP contribution in [0.25, 0.3) is 0 Å². The first-order chi connectivity index (χ1) is 4.29. The van der Waals surface area contributed by atoms with E-state index in [1.165, 1.54) is 11.2 Å². The van der Waals surface area contributed by atoms with E-state index in [-0.39, 0.29) is 6.54 Å². The molecule has 4 heteroatoms. The molecule has 1 aliphatic heterocycles. The summed E-state index contributed by atoms with van der Waals surface area (Å²) in [5.74, 6) is 0. The van der Waals surface area contributed by atoms with Crippen molar-refractivity contribution >= 4 is 6.34 Å². The predicted octanol–water partition coefficient (Wildman–Crippen LogP) is 0.595. The zero-order valence-electron chi connectivity index (χ0n) is 4.93. The monoisotopic (exact) mass is 134 g/mol. The molecule has 0 saturated heterocycles. The molecule has 1 rings (SSSR count). The Morgan fingerprint density at radius 1 is 1.67 bits per heavy atom. The van der Waals surface area contributed by atoms with E-state index >= 15 is 0 Å². The second-order valence-corrected chi connectivity index (χ2v) is 1.91. The maximum Gasteiger partial charge on any atom is 0.255 e. The van der Waals surface area contributed by atoms with Gasteiger partial charge in [-0.15, -0.1) is 0 Å². The third-order valence-electron chi connectivity index (χ3n) is 1.13. The maximum atomic E-state index is 11.6. The van der Waals surface area contributed by atoms with Crippen molar-refractivity contribution in [1.29, 1.82) is 0 Å². The first-order valence-corrected chi connectivity index (χ1v) is 2.81. The highest BCUT2D eigenvalue weighted by molar-refractivity contribution is 5.56. The van der Waals surface area contributed by atoms with Gasteiger partial charge in [0.25, 0.3) is 6.43 Å². The Bertz CT molecular complexity index is 114. The van der Waals surface area contributed by atoms with Crippen molar-refractivity contribution in [2.24, 2.45) is 4.99 Å². The van der Waals surface area contributed by atoms with Gasteiger partial charge in [0.2, 0.25) is 0 Å². The molecular formula is C5H8F2N2. The van der Waals surface area contributed by atoms with Gasteiger partial charge in [0.15, 0.2) is 0 Å². The van der Waals surface area contributed by atoms with Gasteiger partial charge in [0.1, 0.15) is 0 Å². The van der Waals surface area contributed by atoms with Crippen molar-refractivity contribution in [2.45, 2.75) is 6.43 Å². The summed E-state index contributed by atoms with van der Waals surface area (Å²) in [6.45, 7) is 1.13. The van der Waals surface area contributed by atoms with Gasteiger partial charge in [-0.3, -0.25) is 4.99 Å². The van der Waals surface area contributed by atoms with Crippen LogP contribution in [0.4, 0.5) is 8.78 Å². The van der Waals surface area contributed by atoms with Crippen LogP contribution >= 0.6 is 0 Å². The predicted molar refractivity (Wildman–Crippen MR) is 30.9 cm³/mol. The minimum atomic E-state index is -2.24. The summed E-state index contributed by atoms with van der Waals surface area (Å²) in [4.78, 5) is 5.30. The molecule has 0 atom stereocenters. The Hall–Kier alpha value is -0.670. The minimum Gasteiger partial charge on any atom is -0.355 e. The molecule has 0 bridgehead atoms. The number of nitrogens with zero attached hydrogens (tertiary/aromatic N) is 2. The third-order valence-corrected chi connectivity index (χ3v) is 1.13. The summed E-state index contributed by atoms with van der Waals surface area (Å²) < 4.78 is 23.2. The fraction of sp³-hybridized carbons (Fsp3) is 0.800. The molecule has 0 aliphatic carbocycles. The zero-order valence-corrected chi connectivity index (χ0v) is 4.93. The summed E-state index contributed by atoms with van der Waals surface area (Å²) in [6.07, 6.45) is -0.763. The molecule has 0 aromatic heterocycles. The second kappa shape index (κ2) is 2.75. The van der Waals surface area contributed by atoms with Crippen LogP contribution in [-0.2, 0) is 0 Å². The van der Waals surface area contributed by atoms with Crippen LogP contribution in [0.1, 0.15) is 0 Å². The van der Waals surface area contributed by atoms with E-state index in [0.29, 0.717) is 13.1 Å². The summed E-state index contributed by atoms with van der Waals surface area (Å²) in [7, 11) is 0. The lowest BCUT2D eigenvalue weighted by Crippen LogP contribution is -2.25. The van der Waals surface area contributed by atoms with Crippen LogP contribution in [0.15, 0.2) is 4.99 Å². The fourth-order valence-corrected chi connectivity index (χ4v) is 0.733. The van der Waals surface area contributed by atoms with Gasteiger partial charge < -0.3 is 4.90 Å². The van der Waals surface area contributed by atoms with Gasteiger partial charge in [-0.2, -0.15) is 0 Å². The lowest BCUT2D eigenvalue weighted by molar-refractivity contribution is 0.121. The van der Waals surface area contributed by atoms with Crippen molar-refractivity contribution in [3.63, 3.8) is 0 Å². The normalized spacial score (nSPS) is 17.9. The Kier molecular flexibility index (Phi) is 1.97. The SMILES string of the molecule is FC(F)CN1C=NCC1. The van der Waals surface area contributed by atoms with Crippen molar-refractivity contribution in [3.8, 4) is 0 Å². The summed E-state index contributed by atoms with van der Waals surface area (Å²) in [5.41, 5.74) is 0. The van der Waals surface area contributed by atoms with Gasteiger partial charge in [0.05, 0.1) is 19.4 Å². The molecule has 1 heterocycles. The van der Waals surface area contributed by atoms with E-state index in [4.69, 9.17) is 0 Å². The van der Waals surface area contributed by atoms with Crippen molar-refractivity contribution in [3.05, 3.63) is 0 Å². The van der Waals surface area contributed by atoms with E-state index in [1.54, 1.807) is 0 Å². The summed E-state index contributed by atoms with van der Waals surface area (Å²) >= 11 is 0. The number of rotatable bonds is 2. The second-order valence-electron chi connectivity index (χ2n) is 1.91. The van der Waals surface area contributed by atoms with Gasteiger partial charge >= 0.3 is 0 Å². The molecule has 0 amide bonds. The highest BCUT2D eigenvalue weighted by Crippen LogP contribution is 1.98. The molecule has 0 unspecified atom stereocenters. The molecule has 0 radical (unpaired) electrons. The Morgan fingerprint density at radius 3 is 2.89 bits per heavy atom. The average Bonchev–Trinajstić information content (AvgIpc) is 2.15. The topological polar surface area (TPSA) is 15.6 Å². The first kappa shape index (κ1) is 6.45. The zero-order chi connectivity index (χ0) is 6.69. The van der Waals surface area contributed by atoms with E-state index in [9.17, 15) is 8.78 Å². The smallest absolute Gasteiger partial charge is 0.255 e. The van der Waals surface area contributed by atoms with E-state index in [1.807, 2.05) is 0 Å². The first-order valence-electron chi connectivity index (χ1n) is 2.81. The van der Waals surface area contributed by atoms with E-state index < -0.39 is 6.43 Å². The summed E-state index contributed by atoms with van der Waals surface area (Å²) in [6, 6.07) is 0. The average molecular weight is 134 g/mol. The molecular weight excluding hydrogens is 126 g/mol. The van der Waals surface area contributed by atoms with Crippen molar-refractivity contribution < 1.29 is 8.78 Å². The molecule has 0 saturated carbocycles. The molecule has 0 fully saturated rings. The highest BCUT2D eigenvalue weighted by Gasteiger charge is 2.10. The molecule has 0 aromatic carbocycles. The molecule has 0 N–H and O–H groups in total. The van der Waals surface area contributed by atoms with Crippen LogP contribution in [0.3, 0.4) is 0 Å². The minimum absolute atomic E-state index is 0.177. The van der Waals surface area contributed by atoms with Crippen LogP contribution in [-0.4, -0.2) is 37.3 Å². The highest BCUT2D eigenvalue weighted by atomic mass is 19.3. The standard InChI is InChI=1S/C5H8F2N2/c6-5(7)3-9-2-1-8-4-9/h4-5H,1-3H2. The molecule has 0 aromatic rings. The maximum absolute atomic E-state index is 11.6. The number of aliphatic imine (C=N–C) groups is 1. The van der Waals surface area contributed by atoms with Crippen LogP contribution < -0.4 is 0 Å². The van der Waals surface area contributed by atoms with E-state index in [0.717, 1.165) is 0 Å². The largest absolute Gasteiger partial charge is 0.355 e. The number of hydrogen-bond donors (Lipinski definition) is 0. The molecule has 9 heavy (non-hydrogen) atoms. The van der Waals surface area contributed by atoms with Gasteiger partial charge in [-0.05, 0) is 0 Å². The fourth-order valence-electron chi connectivity index (χ4n) is 0.733. The van der Waals surface area contributed by atoms with Crippen LogP contribution in [0, 0.1) is 0 Å². The lowest BCUT2D eigenvalue weighted by atomic mass is 10.5. The van der Waals surface area contributed by atoms with Crippen LogP contribution in [0.2, 0.25) is 0 Å². The Labute approximate surface area is 52.2 Å². The van der Waals surface area contributed by atoms with Gasteiger partial charge in [0, 0.05) is 6.54 Å². The van der Waals surface area contributed by atoms with Gasteiger partial charge in [-0.25, -0.2) is 8.78 Å². The van der Waals surface area contributed by atoms with Gasteiger partial charge in [-0.1, -0.05) is 0 Å². The number of alkyl halides is 2. The van der Waals surface area contributed by atoms with E-state index in [2.05, 4.69) is 4.99 Å². The van der Waals surface area contributed by atoms with Crippen LogP contribution in [0.5, 0.6) is 0 Å². The molecule has 2 nitrogen and oxygen atoms in total. The molecule has 1 aliphatic rings. The summed E-state index contributed by atoms with van der Waals surface area (Å²) in [5, 5.41) is 0. The Morgan fingerprint density at radius 2 is 2.44 bits per heavy atom. The number of hydrogen-bond acceptors (Lipinski definition) is 2. The van der Waals surface area contributed by atoms with Crippen molar-refractivity contribution in [2.75, 3.05) is 19.6 Å².